The van der Waals surface area contributed by atoms with E-state index in [-0.39, 0.29) is 19.1 Å². The van der Waals surface area contributed by atoms with E-state index in [2.05, 4.69) is 16.0 Å². The molecule has 0 bridgehead atoms. The number of carbonyl (C=O) groups is 2. The second-order valence-electron chi connectivity index (χ2n) is 6.34. The van der Waals surface area contributed by atoms with Crippen LogP contribution < -0.4 is 25.4 Å². The molecule has 0 saturated carbocycles. The summed E-state index contributed by atoms with van der Waals surface area (Å²) in [6.07, 6.45) is -0.521. The number of hydrogen-bond donors (Lipinski definition) is 3. The number of amides is 3. The monoisotopic (exact) mass is 367 g/mol. The molecule has 8 nitrogen and oxygen atoms in total. The zero-order valence-electron chi connectivity index (χ0n) is 16.1. The van der Waals surface area contributed by atoms with Crippen molar-refractivity contribution in [2.75, 3.05) is 31.6 Å². The molecule has 0 fully saturated rings. The summed E-state index contributed by atoms with van der Waals surface area (Å²) in [5.41, 5.74) is 0.0235. The Labute approximate surface area is 154 Å². The van der Waals surface area contributed by atoms with Gasteiger partial charge in [-0.15, -0.1) is 0 Å². The van der Waals surface area contributed by atoms with E-state index in [9.17, 15) is 9.59 Å². The molecule has 0 saturated heterocycles. The summed E-state index contributed by atoms with van der Waals surface area (Å²) >= 11 is 0. The minimum absolute atomic E-state index is 0.260. The van der Waals surface area contributed by atoms with E-state index in [0.717, 1.165) is 0 Å². The third-order valence-corrected chi connectivity index (χ3v) is 2.88. The highest BCUT2D eigenvalue weighted by Crippen LogP contribution is 2.30. The van der Waals surface area contributed by atoms with Crippen LogP contribution in [0.25, 0.3) is 0 Å². The van der Waals surface area contributed by atoms with E-state index in [1.165, 1.54) is 0 Å². The molecule has 0 aliphatic carbocycles. The predicted molar refractivity (Wildman–Crippen MR) is 100 cm³/mol. The normalized spacial score (nSPS) is 10.7. The average molecular weight is 367 g/mol. The lowest BCUT2D eigenvalue weighted by molar-refractivity contribution is 0.0528. The molecule has 0 aliphatic rings. The topological polar surface area (TPSA) is 97.9 Å². The van der Waals surface area contributed by atoms with Gasteiger partial charge in [0.1, 0.15) is 5.60 Å². The SMILES string of the molecule is CCOc1ccc(NC(=O)NCCNC(=O)OC(C)(C)C)cc1OCC. The molecule has 0 aliphatic heterocycles. The van der Waals surface area contributed by atoms with Crippen molar-refractivity contribution in [3.05, 3.63) is 18.2 Å². The minimum Gasteiger partial charge on any atom is -0.490 e. The van der Waals surface area contributed by atoms with E-state index in [1.54, 1.807) is 39.0 Å². The van der Waals surface area contributed by atoms with Crippen molar-refractivity contribution < 1.29 is 23.8 Å². The Kier molecular flexibility index (Phi) is 8.54. The lowest BCUT2D eigenvalue weighted by Crippen LogP contribution is -2.39. The molecule has 3 N–H and O–H groups in total. The highest BCUT2D eigenvalue weighted by Gasteiger charge is 2.15. The highest BCUT2D eigenvalue weighted by molar-refractivity contribution is 5.89. The van der Waals surface area contributed by atoms with Gasteiger partial charge in [-0.25, -0.2) is 9.59 Å². The maximum absolute atomic E-state index is 11.9. The standard InChI is InChI=1S/C18H29N3O5/c1-6-24-14-9-8-13(12-15(14)25-7-2)21-16(22)19-10-11-20-17(23)26-18(3,4)5/h8-9,12H,6-7,10-11H2,1-5H3,(H,20,23)(H2,19,21,22). The fourth-order valence-electron chi connectivity index (χ4n) is 1.96. The van der Waals surface area contributed by atoms with Crippen LogP contribution in [0.2, 0.25) is 0 Å². The van der Waals surface area contributed by atoms with Crippen molar-refractivity contribution >= 4 is 17.8 Å². The van der Waals surface area contributed by atoms with Crippen LogP contribution in [-0.2, 0) is 4.74 Å². The number of ether oxygens (including phenoxy) is 3. The van der Waals surface area contributed by atoms with Gasteiger partial charge in [0.05, 0.1) is 13.2 Å². The van der Waals surface area contributed by atoms with Gasteiger partial charge in [-0.05, 0) is 46.8 Å². The third-order valence-electron chi connectivity index (χ3n) is 2.88. The molecule has 0 unspecified atom stereocenters. The maximum atomic E-state index is 11.9. The molecule has 0 spiro atoms. The largest absolute Gasteiger partial charge is 0.490 e. The number of alkyl carbamates (subject to hydrolysis) is 1. The number of anilines is 1. The summed E-state index contributed by atoms with van der Waals surface area (Å²) in [7, 11) is 0. The summed E-state index contributed by atoms with van der Waals surface area (Å²) in [6.45, 7) is 10.7. The van der Waals surface area contributed by atoms with Gasteiger partial charge in [0.15, 0.2) is 11.5 Å². The molecule has 8 heteroatoms. The van der Waals surface area contributed by atoms with Crippen LogP contribution >= 0.6 is 0 Å². The molecule has 0 radical (unpaired) electrons. The van der Waals surface area contributed by atoms with Gasteiger partial charge >= 0.3 is 12.1 Å². The second kappa shape index (κ2) is 10.4. The Balaban J connectivity index is 2.43. The van der Waals surface area contributed by atoms with Gasteiger partial charge in [-0.3, -0.25) is 0 Å². The van der Waals surface area contributed by atoms with Crippen LogP contribution in [0.1, 0.15) is 34.6 Å². The van der Waals surface area contributed by atoms with Crippen LogP contribution in [0.15, 0.2) is 18.2 Å². The summed E-state index contributed by atoms with van der Waals surface area (Å²) in [6, 6.07) is 4.79. The molecule has 1 aromatic carbocycles. The number of rotatable bonds is 8. The van der Waals surface area contributed by atoms with Gasteiger partial charge in [-0.2, -0.15) is 0 Å². The smallest absolute Gasteiger partial charge is 0.407 e. The zero-order valence-corrected chi connectivity index (χ0v) is 16.1. The van der Waals surface area contributed by atoms with Crippen molar-refractivity contribution in [1.82, 2.24) is 10.6 Å². The van der Waals surface area contributed by atoms with Crippen molar-refractivity contribution in [3.63, 3.8) is 0 Å². The van der Waals surface area contributed by atoms with E-state index in [0.29, 0.717) is 30.4 Å². The van der Waals surface area contributed by atoms with Gasteiger partial charge in [0, 0.05) is 24.8 Å². The van der Waals surface area contributed by atoms with Crippen LogP contribution in [-0.4, -0.2) is 44.0 Å². The Bertz CT molecular complexity index is 599. The fourth-order valence-corrected chi connectivity index (χ4v) is 1.96. The summed E-state index contributed by atoms with van der Waals surface area (Å²) in [5, 5.41) is 7.92. The first-order chi connectivity index (χ1) is 12.2. The molecule has 0 heterocycles. The average Bonchev–Trinajstić information content (AvgIpc) is 2.53. The lowest BCUT2D eigenvalue weighted by atomic mass is 10.2. The number of urea groups is 1. The van der Waals surface area contributed by atoms with Crippen LogP contribution in [0.4, 0.5) is 15.3 Å². The molecule has 0 aromatic heterocycles. The Morgan fingerprint density at radius 2 is 1.58 bits per heavy atom. The van der Waals surface area contributed by atoms with Crippen molar-refractivity contribution in [1.29, 1.82) is 0 Å². The Hall–Kier alpha value is -2.64. The van der Waals surface area contributed by atoms with Gasteiger partial charge < -0.3 is 30.2 Å². The first kappa shape index (κ1) is 21.4. The number of nitrogens with one attached hydrogen (secondary N) is 3. The second-order valence-corrected chi connectivity index (χ2v) is 6.34. The summed E-state index contributed by atoms with van der Waals surface area (Å²) in [4.78, 5) is 23.4. The van der Waals surface area contributed by atoms with Crippen molar-refractivity contribution in [2.24, 2.45) is 0 Å². The van der Waals surface area contributed by atoms with Gasteiger partial charge in [0.2, 0.25) is 0 Å². The van der Waals surface area contributed by atoms with Crippen LogP contribution in [0, 0.1) is 0 Å². The summed E-state index contributed by atoms with van der Waals surface area (Å²) in [5.74, 6) is 1.20. The van der Waals surface area contributed by atoms with Gasteiger partial charge in [-0.1, -0.05) is 0 Å². The van der Waals surface area contributed by atoms with E-state index in [4.69, 9.17) is 14.2 Å². The highest BCUT2D eigenvalue weighted by atomic mass is 16.6. The quantitative estimate of drug-likeness (QED) is 0.613. The van der Waals surface area contributed by atoms with E-state index < -0.39 is 11.7 Å². The number of hydrogen-bond acceptors (Lipinski definition) is 5. The molecular weight excluding hydrogens is 338 g/mol. The van der Waals surface area contributed by atoms with E-state index in [1.807, 2.05) is 13.8 Å². The third kappa shape index (κ3) is 8.46. The lowest BCUT2D eigenvalue weighted by Gasteiger charge is -2.19. The maximum Gasteiger partial charge on any atom is 0.407 e. The zero-order chi connectivity index (χ0) is 19.6. The molecule has 1 aromatic rings. The number of benzene rings is 1. The number of carbonyl (C=O) groups excluding carboxylic acids is 2. The van der Waals surface area contributed by atoms with Crippen molar-refractivity contribution in [3.8, 4) is 11.5 Å². The minimum atomic E-state index is -0.555. The first-order valence-electron chi connectivity index (χ1n) is 8.66. The Morgan fingerprint density at radius 1 is 0.962 bits per heavy atom. The van der Waals surface area contributed by atoms with Gasteiger partial charge in [0.25, 0.3) is 0 Å². The van der Waals surface area contributed by atoms with Crippen LogP contribution in [0.5, 0.6) is 11.5 Å². The molecule has 146 valence electrons. The predicted octanol–water partition coefficient (Wildman–Crippen LogP) is 3.13. The van der Waals surface area contributed by atoms with Crippen molar-refractivity contribution in [2.45, 2.75) is 40.2 Å². The van der Waals surface area contributed by atoms with Crippen LogP contribution in [0.3, 0.4) is 0 Å². The first-order valence-corrected chi connectivity index (χ1v) is 8.66. The molecule has 26 heavy (non-hydrogen) atoms. The molecule has 1 rings (SSSR count). The fraction of sp³-hybridized carbons (Fsp3) is 0.556. The molecule has 0 atom stereocenters. The summed E-state index contributed by atoms with van der Waals surface area (Å²) < 4.78 is 16.1. The Morgan fingerprint density at radius 3 is 2.19 bits per heavy atom. The molecular formula is C18H29N3O5. The van der Waals surface area contributed by atoms with E-state index >= 15 is 0 Å². The molecule has 3 amide bonds.